The summed E-state index contributed by atoms with van der Waals surface area (Å²) in [5, 5.41) is 3.48. The van der Waals surface area contributed by atoms with E-state index >= 15 is 0 Å². The van der Waals surface area contributed by atoms with E-state index in [2.05, 4.69) is 93.7 Å². The van der Waals surface area contributed by atoms with E-state index in [0.717, 1.165) is 6.42 Å². The Morgan fingerprint density at radius 3 is 1.36 bits per heavy atom. The van der Waals surface area contributed by atoms with Crippen LogP contribution in [0.5, 0.6) is 0 Å². The largest absolute Gasteiger partial charge is 0.312 e. The molecule has 0 bridgehead atoms. The van der Waals surface area contributed by atoms with Crippen molar-refractivity contribution in [1.29, 1.82) is 0 Å². The average molecular weight is 297 g/mol. The van der Waals surface area contributed by atoms with E-state index in [1.807, 2.05) is 0 Å². The second kappa shape index (κ2) is 11.0. The van der Waals surface area contributed by atoms with Gasteiger partial charge >= 0.3 is 0 Å². The van der Waals surface area contributed by atoms with E-state index in [-0.39, 0.29) is 0 Å². The summed E-state index contributed by atoms with van der Waals surface area (Å²) in [6.45, 7) is 8.87. The Kier molecular flexibility index (Phi) is 9.25. The van der Waals surface area contributed by atoms with E-state index in [1.54, 1.807) is 0 Å². The minimum absolute atomic E-state index is 0.681. The van der Waals surface area contributed by atoms with Gasteiger partial charge in [0.25, 0.3) is 0 Å². The van der Waals surface area contributed by atoms with Crippen LogP contribution in [-0.2, 0) is 6.42 Å². The molecule has 2 aromatic rings. The summed E-state index contributed by atoms with van der Waals surface area (Å²) >= 11 is 0. The Morgan fingerprint density at radius 1 is 0.682 bits per heavy atom. The van der Waals surface area contributed by atoms with Crippen molar-refractivity contribution < 1.29 is 0 Å². The van der Waals surface area contributed by atoms with Crippen molar-refractivity contribution in [3.63, 3.8) is 0 Å². The second-order valence-electron chi connectivity index (χ2n) is 5.93. The van der Waals surface area contributed by atoms with Crippen LogP contribution in [0.4, 0.5) is 0 Å². The standard InChI is InChI=1S/C13H12.C8H19N/c1-3-7-12(8-4-1)11-13-9-5-2-6-10-13;1-5-7(3)9-8(4)6-2/h1-10H,11H2;7-9H,5-6H2,1-4H3. The van der Waals surface area contributed by atoms with Gasteiger partial charge in [0, 0.05) is 12.1 Å². The minimum atomic E-state index is 0.681. The molecule has 0 aliphatic heterocycles. The summed E-state index contributed by atoms with van der Waals surface area (Å²) in [5.41, 5.74) is 2.74. The van der Waals surface area contributed by atoms with Crippen molar-refractivity contribution in [3.8, 4) is 0 Å². The van der Waals surface area contributed by atoms with Gasteiger partial charge in [-0.25, -0.2) is 0 Å². The van der Waals surface area contributed by atoms with Crippen molar-refractivity contribution >= 4 is 0 Å². The fourth-order valence-corrected chi connectivity index (χ4v) is 2.15. The van der Waals surface area contributed by atoms with Crippen molar-refractivity contribution in [2.45, 2.75) is 59.0 Å². The van der Waals surface area contributed by atoms with Crippen LogP contribution >= 0.6 is 0 Å². The Morgan fingerprint density at radius 2 is 1.05 bits per heavy atom. The summed E-state index contributed by atoms with van der Waals surface area (Å²) < 4.78 is 0. The van der Waals surface area contributed by atoms with Crippen LogP contribution in [0, 0.1) is 0 Å². The van der Waals surface area contributed by atoms with Crippen molar-refractivity contribution in [3.05, 3.63) is 71.8 Å². The maximum absolute atomic E-state index is 3.48. The molecule has 0 aliphatic carbocycles. The lowest BCUT2D eigenvalue weighted by Crippen LogP contribution is -2.33. The number of hydrogen-bond donors (Lipinski definition) is 1. The van der Waals surface area contributed by atoms with Crippen LogP contribution < -0.4 is 5.32 Å². The molecule has 0 fully saturated rings. The molecule has 2 rings (SSSR count). The van der Waals surface area contributed by atoms with Crippen LogP contribution in [-0.4, -0.2) is 12.1 Å². The Balaban J connectivity index is 0.000000239. The summed E-state index contributed by atoms with van der Waals surface area (Å²) in [4.78, 5) is 0. The van der Waals surface area contributed by atoms with Gasteiger partial charge in [-0.2, -0.15) is 0 Å². The average Bonchev–Trinajstić information content (AvgIpc) is 2.57. The van der Waals surface area contributed by atoms with Gasteiger partial charge < -0.3 is 5.32 Å². The number of rotatable bonds is 6. The van der Waals surface area contributed by atoms with Crippen LogP contribution in [0.1, 0.15) is 51.7 Å². The third-order valence-electron chi connectivity index (χ3n) is 3.89. The summed E-state index contributed by atoms with van der Waals surface area (Å²) in [7, 11) is 0. The fourth-order valence-electron chi connectivity index (χ4n) is 2.15. The topological polar surface area (TPSA) is 12.0 Å². The lowest BCUT2D eigenvalue weighted by atomic mass is 10.1. The van der Waals surface area contributed by atoms with Gasteiger partial charge in [0.2, 0.25) is 0 Å². The van der Waals surface area contributed by atoms with E-state index in [9.17, 15) is 0 Å². The predicted molar refractivity (Wildman–Crippen MR) is 98.3 cm³/mol. The second-order valence-corrected chi connectivity index (χ2v) is 5.93. The van der Waals surface area contributed by atoms with Gasteiger partial charge in [-0.3, -0.25) is 0 Å². The molecule has 0 aliphatic rings. The van der Waals surface area contributed by atoms with Crippen LogP contribution in [0.3, 0.4) is 0 Å². The highest BCUT2D eigenvalue weighted by molar-refractivity contribution is 5.25. The Bertz CT molecular complexity index is 432. The van der Waals surface area contributed by atoms with Gasteiger partial charge in [0.1, 0.15) is 0 Å². The van der Waals surface area contributed by atoms with Gasteiger partial charge in [0.15, 0.2) is 0 Å². The highest BCUT2D eigenvalue weighted by atomic mass is 14.9. The first kappa shape index (κ1) is 18.4. The predicted octanol–water partition coefficient (Wildman–Crippen LogP) is 5.45. The smallest absolute Gasteiger partial charge is 0.00385 e. The number of nitrogens with one attached hydrogen (secondary N) is 1. The monoisotopic (exact) mass is 297 g/mol. The molecule has 2 aromatic carbocycles. The minimum Gasteiger partial charge on any atom is -0.312 e. The Labute approximate surface area is 136 Å². The molecule has 0 spiro atoms. The van der Waals surface area contributed by atoms with E-state index in [0.29, 0.717) is 12.1 Å². The summed E-state index contributed by atoms with van der Waals surface area (Å²) in [6, 6.07) is 22.4. The molecule has 120 valence electrons. The van der Waals surface area contributed by atoms with Gasteiger partial charge in [-0.15, -0.1) is 0 Å². The first-order valence-electron chi connectivity index (χ1n) is 8.49. The zero-order chi connectivity index (χ0) is 16.2. The molecule has 0 heterocycles. The zero-order valence-corrected chi connectivity index (χ0v) is 14.5. The molecular formula is C21H31N. The molecule has 22 heavy (non-hydrogen) atoms. The van der Waals surface area contributed by atoms with E-state index < -0.39 is 0 Å². The van der Waals surface area contributed by atoms with Crippen molar-refractivity contribution in [2.24, 2.45) is 0 Å². The lowest BCUT2D eigenvalue weighted by Gasteiger charge is -2.16. The number of hydrogen-bond acceptors (Lipinski definition) is 1. The van der Waals surface area contributed by atoms with Gasteiger partial charge in [-0.1, -0.05) is 74.5 Å². The SMILES string of the molecule is CCC(C)NC(C)CC.c1ccc(Cc2ccccc2)cc1. The van der Waals surface area contributed by atoms with Gasteiger partial charge in [0.05, 0.1) is 0 Å². The molecule has 1 N–H and O–H groups in total. The van der Waals surface area contributed by atoms with Crippen molar-refractivity contribution in [2.75, 3.05) is 0 Å². The van der Waals surface area contributed by atoms with Crippen LogP contribution in [0.25, 0.3) is 0 Å². The normalized spacial score (nSPS) is 12.9. The summed E-state index contributed by atoms with van der Waals surface area (Å²) in [5.74, 6) is 0. The highest BCUT2D eigenvalue weighted by Gasteiger charge is 2.01. The van der Waals surface area contributed by atoms with Crippen LogP contribution in [0.2, 0.25) is 0 Å². The zero-order valence-electron chi connectivity index (χ0n) is 14.5. The molecule has 2 atom stereocenters. The molecule has 1 nitrogen and oxygen atoms in total. The fraction of sp³-hybridized carbons (Fsp3) is 0.429. The number of benzene rings is 2. The Hall–Kier alpha value is -1.60. The molecule has 0 aromatic heterocycles. The molecule has 2 unspecified atom stereocenters. The third-order valence-corrected chi connectivity index (χ3v) is 3.89. The first-order chi connectivity index (χ1) is 10.7. The lowest BCUT2D eigenvalue weighted by molar-refractivity contribution is 0.449. The molecule has 0 radical (unpaired) electrons. The van der Waals surface area contributed by atoms with Crippen LogP contribution in [0.15, 0.2) is 60.7 Å². The molecular weight excluding hydrogens is 266 g/mol. The molecule has 0 saturated heterocycles. The van der Waals surface area contributed by atoms with Crippen molar-refractivity contribution in [1.82, 2.24) is 5.32 Å². The maximum atomic E-state index is 3.48. The summed E-state index contributed by atoms with van der Waals surface area (Å²) in [6.07, 6.45) is 3.48. The van der Waals surface area contributed by atoms with Gasteiger partial charge in [-0.05, 0) is 44.2 Å². The molecule has 0 saturated carbocycles. The quantitative estimate of drug-likeness (QED) is 0.747. The maximum Gasteiger partial charge on any atom is 0.00385 e. The molecule has 0 amide bonds. The van der Waals surface area contributed by atoms with E-state index in [4.69, 9.17) is 0 Å². The highest BCUT2D eigenvalue weighted by Crippen LogP contribution is 2.07. The first-order valence-corrected chi connectivity index (χ1v) is 8.49. The van der Waals surface area contributed by atoms with E-state index in [1.165, 1.54) is 24.0 Å². The molecule has 1 heteroatoms. The third kappa shape index (κ3) is 7.99.